The summed E-state index contributed by atoms with van der Waals surface area (Å²) in [6.07, 6.45) is 2.47. The lowest BCUT2D eigenvalue weighted by Gasteiger charge is -2.13. The number of pyridine rings is 1. The Bertz CT molecular complexity index is 891. The first-order valence-corrected chi connectivity index (χ1v) is 7.32. The fourth-order valence-electron chi connectivity index (χ4n) is 3.02. The molecule has 3 aromatic rings. The Morgan fingerprint density at radius 2 is 2.18 bits per heavy atom. The Hall–Kier alpha value is -2.47. The molecule has 0 spiro atoms. The van der Waals surface area contributed by atoms with Crippen LogP contribution in [-0.2, 0) is 11.8 Å². The molecule has 0 aliphatic carbocycles. The van der Waals surface area contributed by atoms with Crippen LogP contribution < -0.4 is 5.56 Å². The summed E-state index contributed by atoms with van der Waals surface area (Å²) in [6.45, 7) is 1.40. The van der Waals surface area contributed by atoms with Gasteiger partial charge in [-0.3, -0.25) is 4.79 Å². The highest BCUT2D eigenvalue weighted by Gasteiger charge is 2.24. The van der Waals surface area contributed by atoms with Crippen molar-refractivity contribution in [2.45, 2.75) is 12.3 Å². The molecule has 22 heavy (non-hydrogen) atoms. The third-order valence-corrected chi connectivity index (χ3v) is 4.23. The average Bonchev–Trinajstić information content (AvgIpc) is 3.21. The molecule has 1 saturated heterocycles. The Morgan fingerprint density at radius 1 is 1.32 bits per heavy atom. The maximum absolute atomic E-state index is 12.3. The third-order valence-electron chi connectivity index (χ3n) is 4.23. The van der Waals surface area contributed by atoms with Gasteiger partial charge in [-0.2, -0.15) is 5.10 Å². The van der Waals surface area contributed by atoms with Crippen LogP contribution in [0.5, 0.6) is 0 Å². The Kier molecular flexibility index (Phi) is 3.04. The largest absolute Gasteiger partial charge is 0.381 e. The van der Waals surface area contributed by atoms with Gasteiger partial charge < -0.3 is 9.30 Å². The molecule has 6 heteroatoms. The van der Waals surface area contributed by atoms with E-state index >= 15 is 0 Å². The van der Waals surface area contributed by atoms with Crippen LogP contribution in [0.1, 0.15) is 18.2 Å². The maximum atomic E-state index is 12.3. The summed E-state index contributed by atoms with van der Waals surface area (Å²) in [5.41, 5.74) is 1.60. The van der Waals surface area contributed by atoms with Crippen molar-refractivity contribution in [2.75, 3.05) is 13.2 Å². The maximum Gasteiger partial charge on any atom is 0.252 e. The van der Waals surface area contributed by atoms with Crippen molar-refractivity contribution in [1.82, 2.24) is 19.3 Å². The van der Waals surface area contributed by atoms with Crippen LogP contribution in [0.4, 0.5) is 0 Å². The minimum Gasteiger partial charge on any atom is -0.381 e. The normalized spacial score (nSPS) is 18.1. The highest BCUT2D eigenvalue weighted by atomic mass is 16.5. The molecule has 1 aliphatic rings. The van der Waals surface area contributed by atoms with Gasteiger partial charge in [0.05, 0.1) is 17.8 Å². The molecule has 4 rings (SSSR count). The number of aryl methyl sites for hydroxylation is 1. The molecule has 3 heterocycles. The van der Waals surface area contributed by atoms with Crippen molar-refractivity contribution in [2.24, 2.45) is 7.05 Å². The number of para-hydroxylation sites is 1. The van der Waals surface area contributed by atoms with E-state index in [2.05, 4.69) is 10.1 Å². The molecule has 0 unspecified atom stereocenters. The van der Waals surface area contributed by atoms with Gasteiger partial charge in [0.1, 0.15) is 12.2 Å². The Morgan fingerprint density at radius 3 is 3.00 bits per heavy atom. The van der Waals surface area contributed by atoms with Gasteiger partial charge in [-0.1, -0.05) is 18.2 Å². The smallest absolute Gasteiger partial charge is 0.252 e. The van der Waals surface area contributed by atoms with E-state index in [-0.39, 0.29) is 11.5 Å². The number of aromatic nitrogens is 4. The Labute approximate surface area is 127 Å². The van der Waals surface area contributed by atoms with Gasteiger partial charge in [-0.05, 0) is 12.5 Å². The molecule has 6 nitrogen and oxygen atoms in total. The second-order valence-corrected chi connectivity index (χ2v) is 5.53. The van der Waals surface area contributed by atoms with Crippen LogP contribution in [0, 0.1) is 0 Å². The summed E-state index contributed by atoms with van der Waals surface area (Å²) in [7, 11) is 1.78. The molecule has 112 valence electrons. The molecule has 0 bridgehead atoms. The first-order chi connectivity index (χ1) is 10.8. The first-order valence-electron chi connectivity index (χ1n) is 7.32. The lowest BCUT2D eigenvalue weighted by molar-refractivity contribution is 0.193. The highest BCUT2D eigenvalue weighted by Crippen LogP contribution is 2.27. The fourth-order valence-corrected chi connectivity index (χ4v) is 3.02. The van der Waals surface area contributed by atoms with Crippen LogP contribution in [0.25, 0.3) is 16.6 Å². The second-order valence-electron chi connectivity index (χ2n) is 5.53. The molecule has 1 fully saturated rings. The SMILES string of the molecule is Cn1c(=O)cc(-n2ncnc2[C@@H]2CCOC2)c2ccccc21. The van der Waals surface area contributed by atoms with Gasteiger partial charge in [-0.25, -0.2) is 9.67 Å². The van der Waals surface area contributed by atoms with Crippen molar-refractivity contribution in [3.05, 3.63) is 52.8 Å². The predicted octanol–water partition coefficient (Wildman–Crippen LogP) is 1.62. The molecular formula is C16H16N4O2. The van der Waals surface area contributed by atoms with Gasteiger partial charge in [0.25, 0.3) is 5.56 Å². The summed E-state index contributed by atoms with van der Waals surface area (Å²) in [5, 5.41) is 5.34. The van der Waals surface area contributed by atoms with E-state index in [1.165, 1.54) is 0 Å². The van der Waals surface area contributed by atoms with Crippen molar-refractivity contribution in [3.8, 4) is 5.69 Å². The number of fused-ring (bicyclic) bond motifs is 1. The predicted molar refractivity (Wildman–Crippen MR) is 82.3 cm³/mol. The van der Waals surface area contributed by atoms with Gasteiger partial charge in [0, 0.05) is 31.0 Å². The Balaban J connectivity index is 1.98. The van der Waals surface area contributed by atoms with Crippen LogP contribution >= 0.6 is 0 Å². The fraction of sp³-hybridized carbons (Fsp3) is 0.312. The van der Waals surface area contributed by atoms with Crippen LogP contribution in [0.3, 0.4) is 0 Å². The summed E-state index contributed by atoms with van der Waals surface area (Å²) < 4.78 is 8.88. The zero-order valence-electron chi connectivity index (χ0n) is 12.3. The van der Waals surface area contributed by atoms with E-state index in [0.717, 1.165) is 35.4 Å². The van der Waals surface area contributed by atoms with Gasteiger partial charge >= 0.3 is 0 Å². The number of rotatable bonds is 2. The van der Waals surface area contributed by atoms with Crippen LogP contribution in [-0.4, -0.2) is 32.5 Å². The standard InChI is InChI=1S/C16H16N4O2/c1-19-13-5-3-2-4-12(13)14(8-15(19)21)20-16(17-10-18-20)11-6-7-22-9-11/h2-5,8,10-11H,6-7,9H2,1H3/t11-/m1/s1. The van der Waals surface area contributed by atoms with E-state index in [0.29, 0.717) is 6.61 Å². The van der Waals surface area contributed by atoms with Crippen LogP contribution in [0.2, 0.25) is 0 Å². The molecule has 1 atom stereocenters. The minimum atomic E-state index is -0.0576. The van der Waals surface area contributed by atoms with E-state index in [1.807, 2.05) is 24.3 Å². The second kappa shape index (κ2) is 5.06. The van der Waals surface area contributed by atoms with E-state index < -0.39 is 0 Å². The number of hydrogen-bond acceptors (Lipinski definition) is 4. The number of benzene rings is 1. The third kappa shape index (κ3) is 1.95. The van der Waals surface area contributed by atoms with Gasteiger partial charge in [-0.15, -0.1) is 0 Å². The molecule has 0 radical (unpaired) electrons. The van der Waals surface area contributed by atoms with E-state index in [4.69, 9.17) is 4.74 Å². The minimum absolute atomic E-state index is 0.0576. The quantitative estimate of drug-likeness (QED) is 0.721. The summed E-state index contributed by atoms with van der Waals surface area (Å²) in [5.74, 6) is 1.08. The van der Waals surface area contributed by atoms with Crippen molar-refractivity contribution in [3.63, 3.8) is 0 Å². The number of ether oxygens (including phenoxy) is 1. The van der Waals surface area contributed by atoms with E-state index in [9.17, 15) is 4.79 Å². The molecule has 1 aromatic carbocycles. The average molecular weight is 296 g/mol. The molecule has 0 amide bonds. The number of hydrogen-bond donors (Lipinski definition) is 0. The summed E-state index contributed by atoms with van der Waals surface area (Å²) in [4.78, 5) is 16.7. The van der Waals surface area contributed by atoms with E-state index in [1.54, 1.807) is 28.7 Å². The number of nitrogens with zero attached hydrogens (tertiary/aromatic N) is 4. The topological polar surface area (TPSA) is 61.9 Å². The molecule has 0 N–H and O–H groups in total. The monoisotopic (exact) mass is 296 g/mol. The van der Waals surface area contributed by atoms with Crippen molar-refractivity contribution < 1.29 is 4.74 Å². The molecule has 2 aromatic heterocycles. The molecule has 0 saturated carbocycles. The lowest BCUT2D eigenvalue weighted by Crippen LogP contribution is -2.19. The van der Waals surface area contributed by atoms with Crippen molar-refractivity contribution >= 4 is 10.9 Å². The van der Waals surface area contributed by atoms with Gasteiger partial charge in [0.2, 0.25) is 0 Å². The lowest BCUT2D eigenvalue weighted by atomic mass is 10.1. The van der Waals surface area contributed by atoms with Crippen molar-refractivity contribution in [1.29, 1.82) is 0 Å². The summed E-state index contributed by atoms with van der Waals surface area (Å²) >= 11 is 0. The molecule has 1 aliphatic heterocycles. The van der Waals surface area contributed by atoms with Crippen LogP contribution in [0.15, 0.2) is 41.5 Å². The zero-order chi connectivity index (χ0) is 15.1. The summed E-state index contributed by atoms with van der Waals surface area (Å²) in [6, 6.07) is 9.46. The highest BCUT2D eigenvalue weighted by molar-refractivity contribution is 5.87. The zero-order valence-corrected chi connectivity index (χ0v) is 12.3. The first kappa shape index (κ1) is 13.2. The van der Waals surface area contributed by atoms with Gasteiger partial charge in [0.15, 0.2) is 0 Å². The molecular weight excluding hydrogens is 280 g/mol.